The number of furan rings is 1. The summed E-state index contributed by atoms with van der Waals surface area (Å²) in [5.41, 5.74) is 7.67. The van der Waals surface area contributed by atoms with Gasteiger partial charge in [0, 0.05) is 31.7 Å². The highest BCUT2D eigenvalue weighted by atomic mass is 16.4. The Morgan fingerprint density at radius 1 is 1.26 bits per heavy atom. The van der Waals surface area contributed by atoms with Crippen LogP contribution in [0.15, 0.2) is 40.8 Å². The molecule has 1 aliphatic heterocycles. The number of nitrogens with zero attached hydrogens (tertiary/aromatic N) is 1. The molecule has 1 aromatic carbocycles. The first-order valence-electron chi connectivity index (χ1n) is 9.26. The molecule has 0 aliphatic carbocycles. The zero-order chi connectivity index (χ0) is 19.2. The van der Waals surface area contributed by atoms with Crippen LogP contribution in [0.3, 0.4) is 0 Å². The average molecular weight is 370 g/mol. The SMILES string of the molecule is Cc1cccc(-c2ccc(C(=O)N[C@H](CCN)C(=O)N3CCNCC3)o2)c1. The number of carbonyl (C=O) groups is 2. The molecule has 0 bridgehead atoms. The van der Waals surface area contributed by atoms with Gasteiger partial charge < -0.3 is 25.7 Å². The van der Waals surface area contributed by atoms with Crippen molar-refractivity contribution in [2.45, 2.75) is 19.4 Å². The number of piperazine rings is 1. The van der Waals surface area contributed by atoms with Crippen LogP contribution in [0.1, 0.15) is 22.5 Å². The maximum Gasteiger partial charge on any atom is 0.287 e. The zero-order valence-corrected chi connectivity index (χ0v) is 15.5. The topological polar surface area (TPSA) is 101 Å². The number of amides is 2. The van der Waals surface area contributed by atoms with E-state index in [9.17, 15) is 9.59 Å². The minimum Gasteiger partial charge on any atom is -0.451 e. The highest BCUT2D eigenvalue weighted by Gasteiger charge is 2.27. The first-order valence-corrected chi connectivity index (χ1v) is 9.26. The highest BCUT2D eigenvalue weighted by Crippen LogP contribution is 2.23. The van der Waals surface area contributed by atoms with E-state index in [1.54, 1.807) is 17.0 Å². The van der Waals surface area contributed by atoms with E-state index >= 15 is 0 Å². The fourth-order valence-electron chi connectivity index (χ4n) is 3.17. The molecule has 0 unspecified atom stereocenters. The van der Waals surface area contributed by atoms with Gasteiger partial charge in [0.25, 0.3) is 5.91 Å². The van der Waals surface area contributed by atoms with Crippen molar-refractivity contribution in [1.29, 1.82) is 0 Å². The monoisotopic (exact) mass is 370 g/mol. The van der Waals surface area contributed by atoms with Gasteiger partial charge in [-0.05, 0) is 38.1 Å². The quantitative estimate of drug-likeness (QED) is 0.708. The summed E-state index contributed by atoms with van der Waals surface area (Å²) in [6, 6.07) is 10.6. The number of benzene rings is 1. The van der Waals surface area contributed by atoms with Crippen LogP contribution in [0.2, 0.25) is 0 Å². The van der Waals surface area contributed by atoms with E-state index in [0.29, 0.717) is 31.8 Å². The van der Waals surface area contributed by atoms with Crippen LogP contribution in [-0.4, -0.2) is 55.5 Å². The molecule has 144 valence electrons. The molecule has 7 nitrogen and oxygen atoms in total. The second kappa shape index (κ2) is 8.83. The normalized spacial score (nSPS) is 15.4. The summed E-state index contributed by atoms with van der Waals surface area (Å²) < 4.78 is 5.71. The third kappa shape index (κ3) is 4.75. The summed E-state index contributed by atoms with van der Waals surface area (Å²) in [5.74, 6) is 0.297. The lowest BCUT2D eigenvalue weighted by Crippen LogP contribution is -2.54. The molecule has 2 heterocycles. The van der Waals surface area contributed by atoms with Crippen molar-refractivity contribution >= 4 is 11.8 Å². The van der Waals surface area contributed by atoms with Crippen LogP contribution in [-0.2, 0) is 4.79 Å². The Balaban J connectivity index is 1.69. The second-order valence-corrected chi connectivity index (χ2v) is 6.71. The van der Waals surface area contributed by atoms with Gasteiger partial charge in [-0.3, -0.25) is 9.59 Å². The molecular formula is C20H26N4O3. The Morgan fingerprint density at radius 3 is 2.74 bits per heavy atom. The van der Waals surface area contributed by atoms with Gasteiger partial charge in [-0.2, -0.15) is 0 Å². The molecular weight excluding hydrogens is 344 g/mol. The lowest BCUT2D eigenvalue weighted by molar-refractivity contribution is -0.133. The van der Waals surface area contributed by atoms with Gasteiger partial charge in [0.05, 0.1) is 0 Å². The summed E-state index contributed by atoms with van der Waals surface area (Å²) in [6.07, 6.45) is 0.389. The molecule has 27 heavy (non-hydrogen) atoms. The van der Waals surface area contributed by atoms with Crippen LogP contribution in [0.5, 0.6) is 0 Å². The molecule has 3 rings (SSSR count). The van der Waals surface area contributed by atoms with Gasteiger partial charge >= 0.3 is 0 Å². The van der Waals surface area contributed by atoms with Crippen LogP contribution >= 0.6 is 0 Å². The van der Waals surface area contributed by atoms with Crippen LogP contribution in [0, 0.1) is 6.92 Å². The number of carbonyl (C=O) groups excluding carboxylic acids is 2. The second-order valence-electron chi connectivity index (χ2n) is 6.71. The molecule has 2 amide bonds. The summed E-state index contributed by atoms with van der Waals surface area (Å²) in [7, 11) is 0. The first kappa shape index (κ1) is 19.1. The lowest BCUT2D eigenvalue weighted by atomic mass is 10.1. The molecule has 1 aromatic heterocycles. The first-order chi connectivity index (χ1) is 13.1. The van der Waals surface area contributed by atoms with Gasteiger partial charge in [0.2, 0.25) is 5.91 Å². The summed E-state index contributed by atoms with van der Waals surface area (Å²) in [5, 5.41) is 5.99. The Bertz CT molecular complexity index is 796. The average Bonchev–Trinajstić information content (AvgIpc) is 3.18. The van der Waals surface area contributed by atoms with Crippen molar-refractivity contribution in [2.75, 3.05) is 32.7 Å². The van der Waals surface area contributed by atoms with Crippen molar-refractivity contribution in [3.8, 4) is 11.3 Å². The summed E-state index contributed by atoms with van der Waals surface area (Å²) in [4.78, 5) is 27.1. The molecule has 7 heteroatoms. The van der Waals surface area contributed by atoms with Gasteiger partial charge in [-0.25, -0.2) is 0 Å². The number of rotatable bonds is 6. The van der Waals surface area contributed by atoms with Gasteiger partial charge in [0.1, 0.15) is 11.8 Å². The van der Waals surface area contributed by atoms with Gasteiger partial charge in [-0.1, -0.05) is 23.8 Å². The Hall–Kier alpha value is -2.64. The van der Waals surface area contributed by atoms with E-state index in [0.717, 1.165) is 24.2 Å². The third-order valence-corrected chi connectivity index (χ3v) is 4.62. The Labute approximate surface area is 158 Å². The summed E-state index contributed by atoms with van der Waals surface area (Å²) in [6.45, 7) is 5.09. The zero-order valence-electron chi connectivity index (χ0n) is 15.5. The molecule has 0 spiro atoms. The van der Waals surface area contributed by atoms with E-state index in [1.165, 1.54) is 0 Å². The molecule has 4 N–H and O–H groups in total. The summed E-state index contributed by atoms with van der Waals surface area (Å²) >= 11 is 0. The Morgan fingerprint density at radius 2 is 2.04 bits per heavy atom. The number of nitrogens with two attached hydrogens (primary N) is 1. The van der Waals surface area contributed by atoms with Crippen molar-refractivity contribution in [3.05, 3.63) is 47.7 Å². The molecule has 1 fully saturated rings. The maximum atomic E-state index is 12.7. The minimum atomic E-state index is -0.645. The number of hydrogen-bond donors (Lipinski definition) is 3. The molecule has 0 radical (unpaired) electrons. The van der Waals surface area contributed by atoms with E-state index in [4.69, 9.17) is 10.2 Å². The van der Waals surface area contributed by atoms with Crippen LogP contribution in [0.25, 0.3) is 11.3 Å². The number of aryl methyl sites for hydroxylation is 1. The van der Waals surface area contributed by atoms with Crippen molar-refractivity contribution in [2.24, 2.45) is 5.73 Å². The van der Waals surface area contributed by atoms with Crippen LogP contribution < -0.4 is 16.4 Å². The maximum absolute atomic E-state index is 12.7. The molecule has 1 atom stereocenters. The van der Waals surface area contributed by atoms with Crippen molar-refractivity contribution < 1.29 is 14.0 Å². The van der Waals surface area contributed by atoms with E-state index < -0.39 is 11.9 Å². The van der Waals surface area contributed by atoms with E-state index in [2.05, 4.69) is 10.6 Å². The Kier molecular flexibility index (Phi) is 6.26. The van der Waals surface area contributed by atoms with Gasteiger partial charge in [-0.15, -0.1) is 0 Å². The fourth-order valence-corrected chi connectivity index (χ4v) is 3.17. The third-order valence-electron chi connectivity index (χ3n) is 4.62. The molecule has 0 saturated carbocycles. The van der Waals surface area contributed by atoms with E-state index in [1.807, 2.05) is 31.2 Å². The highest BCUT2D eigenvalue weighted by molar-refractivity contribution is 5.96. The number of hydrogen-bond acceptors (Lipinski definition) is 5. The van der Waals surface area contributed by atoms with E-state index in [-0.39, 0.29) is 11.7 Å². The standard InChI is InChI=1S/C20H26N4O3/c1-14-3-2-4-15(13-14)17-5-6-18(27-17)19(25)23-16(7-8-21)20(26)24-11-9-22-10-12-24/h2-6,13,16,22H,7-12,21H2,1H3,(H,23,25)/t16-/m1/s1. The minimum absolute atomic E-state index is 0.0965. The van der Waals surface area contributed by atoms with Crippen molar-refractivity contribution in [3.63, 3.8) is 0 Å². The molecule has 2 aromatic rings. The lowest BCUT2D eigenvalue weighted by Gasteiger charge is -2.31. The van der Waals surface area contributed by atoms with Crippen molar-refractivity contribution in [1.82, 2.24) is 15.5 Å². The largest absolute Gasteiger partial charge is 0.451 e. The van der Waals surface area contributed by atoms with Crippen LogP contribution in [0.4, 0.5) is 0 Å². The predicted molar refractivity (Wildman–Crippen MR) is 103 cm³/mol. The fraction of sp³-hybridized carbons (Fsp3) is 0.400. The smallest absolute Gasteiger partial charge is 0.287 e. The molecule has 1 aliphatic rings. The predicted octanol–water partition coefficient (Wildman–Crippen LogP) is 1.13. The number of nitrogens with one attached hydrogen (secondary N) is 2. The molecule has 1 saturated heterocycles. The van der Waals surface area contributed by atoms with Gasteiger partial charge in [0.15, 0.2) is 5.76 Å².